The van der Waals surface area contributed by atoms with Crippen LogP contribution in [0.4, 0.5) is 0 Å². The van der Waals surface area contributed by atoms with Gasteiger partial charge in [-0.2, -0.15) is 0 Å². The third-order valence-electron chi connectivity index (χ3n) is 6.11. The summed E-state index contributed by atoms with van der Waals surface area (Å²) < 4.78 is 0. The lowest BCUT2D eigenvalue weighted by Crippen LogP contribution is -2.51. The minimum absolute atomic E-state index is 0.661. The van der Waals surface area contributed by atoms with Crippen molar-refractivity contribution < 1.29 is 0 Å². The van der Waals surface area contributed by atoms with Crippen LogP contribution in [0.3, 0.4) is 0 Å². The fourth-order valence-corrected chi connectivity index (χ4v) is 4.54. The molecule has 2 N–H and O–H groups in total. The van der Waals surface area contributed by atoms with Gasteiger partial charge in [0, 0.05) is 18.6 Å². The highest BCUT2D eigenvalue weighted by atomic mass is 15.2. The summed E-state index contributed by atoms with van der Waals surface area (Å²) in [5.41, 5.74) is 6.09. The smallest absolute Gasteiger partial charge is 0.0223 e. The normalized spacial score (nSPS) is 37.0. The minimum Gasteiger partial charge on any atom is -0.329 e. The lowest BCUT2D eigenvalue weighted by Gasteiger charge is -2.43. The molecule has 1 saturated heterocycles. The van der Waals surface area contributed by atoms with Gasteiger partial charge in [0.05, 0.1) is 0 Å². The zero-order chi connectivity index (χ0) is 14.5. The lowest BCUT2D eigenvalue weighted by molar-refractivity contribution is 0.0622. The molecule has 1 heterocycles. The van der Waals surface area contributed by atoms with Gasteiger partial charge in [0.1, 0.15) is 0 Å². The van der Waals surface area contributed by atoms with Crippen LogP contribution < -0.4 is 5.73 Å². The van der Waals surface area contributed by atoms with Gasteiger partial charge in [-0.25, -0.2) is 0 Å². The van der Waals surface area contributed by atoms with E-state index in [1.807, 2.05) is 0 Å². The van der Waals surface area contributed by atoms with Crippen LogP contribution >= 0.6 is 0 Å². The van der Waals surface area contributed by atoms with Crippen LogP contribution in [0.25, 0.3) is 0 Å². The van der Waals surface area contributed by atoms with Crippen LogP contribution in [0.5, 0.6) is 0 Å². The molecule has 2 rings (SSSR count). The second-order valence-corrected chi connectivity index (χ2v) is 7.59. The van der Waals surface area contributed by atoms with Crippen LogP contribution in [0, 0.1) is 17.8 Å². The lowest BCUT2D eigenvalue weighted by atomic mass is 9.86. The van der Waals surface area contributed by atoms with Gasteiger partial charge in [-0.3, -0.25) is 4.90 Å². The SMILES string of the molecule is CCC1CCN(C2CCCC(C(C)C)CC2)C(CN)C1. The van der Waals surface area contributed by atoms with Gasteiger partial charge in [0.25, 0.3) is 0 Å². The van der Waals surface area contributed by atoms with Gasteiger partial charge in [-0.05, 0) is 56.4 Å². The predicted molar refractivity (Wildman–Crippen MR) is 87.8 cm³/mol. The van der Waals surface area contributed by atoms with Gasteiger partial charge in [-0.15, -0.1) is 0 Å². The number of rotatable bonds is 4. The monoisotopic (exact) mass is 280 g/mol. The third kappa shape index (κ3) is 3.98. The molecule has 1 saturated carbocycles. The van der Waals surface area contributed by atoms with E-state index in [0.717, 1.165) is 30.3 Å². The maximum absolute atomic E-state index is 6.09. The largest absolute Gasteiger partial charge is 0.329 e. The molecule has 2 fully saturated rings. The second-order valence-electron chi connectivity index (χ2n) is 7.59. The molecule has 118 valence electrons. The Labute approximate surface area is 126 Å². The van der Waals surface area contributed by atoms with Crippen LogP contribution in [0.2, 0.25) is 0 Å². The summed E-state index contributed by atoms with van der Waals surface area (Å²) in [5, 5.41) is 0. The van der Waals surface area contributed by atoms with E-state index < -0.39 is 0 Å². The van der Waals surface area contributed by atoms with Gasteiger partial charge < -0.3 is 5.73 Å². The molecule has 4 atom stereocenters. The van der Waals surface area contributed by atoms with Gasteiger partial charge in [-0.1, -0.05) is 40.0 Å². The third-order valence-corrected chi connectivity index (χ3v) is 6.11. The minimum atomic E-state index is 0.661. The number of hydrogen-bond acceptors (Lipinski definition) is 2. The number of nitrogens with two attached hydrogens (primary N) is 1. The zero-order valence-electron chi connectivity index (χ0n) is 14.0. The highest BCUT2D eigenvalue weighted by molar-refractivity contribution is 4.88. The van der Waals surface area contributed by atoms with E-state index in [9.17, 15) is 0 Å². The Kier molecular flexibility index (Phi) is 6.35. The average Bonchev–Trinajstić information content (AvgIpc) is 2.72. The molecule has 2 heteroatoms. The van der Waals surface area contributed by atoms with Crippen LogP contribution in [0.1, 0.15) is 72.1 Å². The first kappa shape index (κ1) is 16.3. The molecule has 1 aliphatic heterocycles. The van der Waals surface area contributed by atoms with Crippen LogP contribution in [-0.4, -0.2) is 30.1 Å². The quantitative estimate of drug-likeness (QED) is 0.787. The standard InChI is InChI=1S/C18H36N2/c1-4-15-10-11-20(18(12-15)13-19)17-7-5-6-16(8-9-17)14(2)3/h14-18H,4-13,19H2,1-3H3. The van der Waals surface area contributed by atoms with Crippen molar-refractivity contribution in [3.05, 3.63) is 0 Å². The Balaban J connectivity index is 1.93. The first-order chi connectivity index (χ1) is 9.65. The van der Waals surface area contributed by atoms with Crippen molar-refractivity contribution in [3.63, 3.8) is 0 Å². The van der Waals surface area contributed by atoms with Crippen molar-refractivity contribution >= 4 is 0 Å². The summed E-state index contributed by atoms with van der Waals surface area (Å²) in [4.78, 5) is 2.80. The predicted octanol–water partition coefficient (Wildman–Crippen LogP) is 4.04. The highest BCUT2D eigenvalue weighted by Crippen LogP contribution is 2.34. The topological polar surface area (TPSA) is 29.3 Å². The molecule has 0 amide bonds. The van der Waals surface area contributed by atoms with Crippen molar-refractivity contribution in [2.24, 2.45) is 23.5 Å². The summed E-state index contributed by atoms with van der Waals surface area (Å²) in [6.07, 6.45) is 11.2. The first-order valence-electron chi connectivity index (χ1n) is 9.11. The van der Waals surface area contributed by atoms with Gasteiger partial charge >= 0.3 is 0 Å². The molecule has 0 aromatic rings. The molecule has 0 aromatic carbocycles. The van der Waals surface area contributed by atoms with Crippen molar-refractivity contribution in [2.45, 2.75) is 84.2 Å². The Morgan fingerprint density at radius 1 is 1.10 bits per heavy atom. The molecular formula is C18H36N2. The molecule has 2 nitrogen and oxygen atoms in total. The fraction of sp³-hybridized carbons (Fsp3) is 1.00. The molecule has 0 radical (unpaired) electrons. The Morgan fingerprint density at radius 2 is 1.90 bits per heavy atom. The average molecular weight is 280 g/mol. The Bertz CT molecular complexity index is 277. The molecule has 20 heavy (non-hydrogen) atoms. The number of nitrogens with zero attached hydrogens (tertiary/aromatic N) is 1. The summed E-state index contributed by atoms with van der Waals surface area (Å²) in [6, 6.07) is 1.49. The van der Waals surface area contributed by atoms with E-state index in [0.29, 0.717) is 6.04 Å². The van der Waals surface area contributed by atoms with Gasteiger partial charge in [0.15, 0.2) is 0 Å². The Morgan fingerprint density at radius 3 is 2.55 bits per heavy atom. The first-order valence-corrected chi connectivity index (χ1v) is 9.11. The van der Waals surface area contributed by atoms with Crippen molar-refractivity contribution in [1.29, 1.82) is 0 Å². The zero-order valence-corrected chi connectivity index (χ0v) is 14.0. The number of likely N-dealkylation sites (tertiary alicyclic amines) is 1. The van der Waals surface area contributed by atoms with Crippen LogP contribution in [0.15, 0.2) is 0 Å². The molecule has 4 unspecified atom stereocenters. The van der Waals surface area contributed by atoms with E-state index in [4.69, 9.17) is 5.73 Å². The van der Waals surface area contributed by atoms with E-state index >= 15 is 0 Å². The van der Waals surface area contributed by atoms with Crippen molar-refractivity contribution in [1.82, 2.24) is 4.90 Å². The molecule has 0 bridgehead atoms. The van der Waals surface area contributed by atoms with Crippen LogP contribution in [-0.2, 0) is 0 Å². The van der Waals surface area contributed by atoms with E-state index in [1.165, 1.54) is 57.9 Å². The molecule has 1 aliphatic carbocycles. The number of piperidine rings is 1. The molecule has 0 spiro atoms. The van der Waals surface area contributed by atoms with E-state index in [1.54, 1.807) is 0 Å². The van der Waals surface area contributed by atoms with Crippen molar-refractivity contribution in [3.8, 4) is 0 Å². The summed E-state index contributed by atoms with van der Waals surface area (Å²) >= 11 is 0. The highest BCUT2D eigenvalue weighted by Gasteiger charge is 2.33. The van der Waals surface area contributed by atoms with Gasteiger partial charge in [0.2, 0.25) is 0 Å². The summed E-state index contributed by atoms with van der Waals surface area (Å²) in [6.45, 7) is 9.31. The molecular weight excluding hydrogens is 244 g/mol. The summed E-state index contributed by atoms with van der Waals surface area (Å²) in [7, 11) is 0. The summed E-state index contributed by atoms with van der Waals surface area (Å²) in [5.74, 6) is 2.75. The van der Waals surface area contributed by atoms with E-state index in [-0.39, 0.29) is 0 Å². The number of hydrogen-bond donors (Lipinski definition) is 1. The Hall–Kier alpha value is -0.0800. The fourth-order valence-electron chi connectivity index (χ4n) is 4.54. The van der Waals surface area contributed by atoms with Crippen molar-refractivity contribution in [2.75, 3.05) is 13.1 Å². The van der Waals surface area contributed by atoms with E-state index in [2.05, 4.69) is 25.7 Å². The molecule has 2 aliphatic rings. The molecule has 0 aromatic heterocycles. The maximum atomic E-state index is 6.09. The maximum Gasteiger partial charge on any atom is 0.0223 e. The second kappa shape index (κ2) is 7.79.